The van der Waals surface area contributed by atoms with Crippen LogP contribution in [0.5, 0.6) is 0 Å². The van der Waals surface area contributed by atoms with Crippen LogP contribution >= 0.6 is 0 Å². The van der Waals surface area contributed by atoms with Gasteiger partial charge >= 0.3 is 0 Å². The number of amides is 1. The highest BCUT2D eigenvalue weighted by Crippen LogP contribution is 2.26. The van der Waals surface area contributed by atoms with Gasteiger partial charge in [-0.05, 0) is 43.0 Å². The molecule has 0 aromatic heterocycles. The number of nitrogens with zero attached hydrogens (tertiary/aromatic N) is 2. The summed E-state index contributed by atoms with van der Waals surface area (Å²) in [6.07, 6.45) is 2.42. The van der Waals surface area contributed by atoms with Crippen LogP contribution in [0.25, 0.3) is 0 Å². The molecule has 1 aromatic carbocycles. The van der Waals surface area contributed by atoms with Crippen molar-refractivity contribution < 1.29 is 13.2 Å². The third-order valence-corrected chi connectivity index (χ3v) is 5.61. The van der Waals surface area contributed by atoms with Gasteiger partial charge in [-0.2, -0.15) is 4.31 Å². The van der Waals surface area contributed by atoms with Crippen molar-refractivity contribution in [3.05, 3.63) is 23.8 Å². The number of anilines is 2. The molecule has 6 nitrogen and oxygen atoms in total. The predicted molar refractivity (Wildman–Crippen MR) is 109 cm³/mol. The highest BCUT2D eigenvalue weighted by Gasteiger charge is 2.24. The smallest absolute Gasteiger partial charge is 0.224 e. The Bertz CT molecular complexity index is 715. The molecule has 0 radical (unpaired) electrons. The molecule has 7 heteroatoms. The van der Waals surface area contributed by atoms with Crippen molar-refractivity contribution in [1.29, 1.82) is 0 Å². The molecule has 0 saturated heterocycles. The molecule has 0 unspecified atom stereocenters. The monoisotopic (exact) mass is 383 g/mol. The fourth-order valence-electron chi connectivity index (χ4n) is 2.78. The minimum Gasteiger partial charge on any atom is -0.377 e. The number of carbonyl (C=O) groups is 1. The van der Waals surface area contributed by atoms with Gasteiger partial charge < -0.3 is 10.2 Å². The van der Waals surface area contributed by atoms with Crippen LogP contribution in [-0.4, -0.2) is 45.0 Å². The van der Waals surface area contributed by atoms with Crippen LogP contribution in [-0.2, 0) is 21.4 Å². The molecule has 148 valence electrons. The van der Waals surface area contributed by atoms with Crippen LogP contribution in [0.2, 0.25) is 0 Å². The maximum Gasteiger partial charge on any atom is 0.224 e. The summed E-state index contributed by atoms with van der Waals surface area (Å²) in [4.78, 5) is 14.0. The average molecular weight is 384 g/mol. The minimum atomic E-state index is -3.34. The van der Waals surface area contributed by atoms with Gasteiger partial charge in [0, 0.05) is 44.5 Å². The molecule has 1 N–H and O–H groups in total. The molecule has 1 atom stereocenters. The lowest BCUT2D eigenvalue weighted by Crippen LogP contribution is -2.37. The summed E-state index contributed by atoms with van der Waals surface area (Å²) < 4.78 is 26.0. The topological polar surface area (TPSA) is 69.7 Å². The number of sulfonamides is 1. The van der Waals surface area contributed by atoms with Crippen molar-refractivity contribution in [1.82, 2.24) is 4.31 Å². The number of hydrogen-bond acceptors (Lipinski definition) is 4. The van der Waals surface area contributed by atoms with Crippen molar-refractivity contribution in [2.24, 2.45) is 5.92 Å². The van der Waals surface area contributed by atoms with Crippen LogP contribution in [0.4, 0.5) is 11.4 Å². The second-order valence-corrected chi connectivity index (χ2v) is 9.38. The van der Waals surface area contributed by atoms with Gasteiger partial charge in [0.25, 0.3) is 0 Å². The molecule has 0 fully saturated rings. The second-order valence-electron chi connectivity index (χ2n) is 7.45. The van der Waals surface area contributed by atoms with E-state index in [0.29, 0.717) is 12.1 Å². The molecule has 0 spiro atoms. The Morgan fingerprint density at radius 2 is 1.81 bits per heavy atom. The third-order valence-electron chi connectivity index (χ3n) is 4.27. The van der Waals surface area contributed by atoms with Crippen LogP contribution in [0.3, 0.4) is 0 Å². The molecule has 0 aliphatic rings. The number of carbonyl (C=O) groups excluding carboxylic acids is 1. The van der Waals surface area contributed by atoms with Gasteiger partial charge in [0.2, 0.25) is 15.9 Å². The number of rotatable bonds is 9. The van der Waals surface area contributed by atoms with Crippen molar-refractivity contribution in [3.63, 3.8) is 0 Å². The first-order valence-corrected chi connectivity index (χ1v) is 10.9. The second kappa shape index (κ2) is 9.37. The van der Waals surface area contributed by atoms with Gasteiger partial charge in [-0.1, -0.05) is 20.8 Å². The Kier molecular flexibility index (Phi) is 8.09. The quantitative estimate of drug-likeness (QED) is 0.710. The van der Waals surface area contributed by atoms with E-state index < -0.39 is 10.0 Å². The van der Waals surface area contributed by atoms with E-state index in [1.54, 1.807) is 0 Å². The molecule has 26 heavy (non-hydrogen) atoms. The van der Waals surface area contributed by atoms with E-state index in [2.05, 4.69) is 5.32 Å². The largest absolute Gasteiger partial charge is 0.377 e. The predicted octanol–water partition coefficient (Wildman–Crippen LogP) is 3.30. The van der Waals surface area contributed by atoms with Gasteiger partial charge in [-0.15, -0.1) is 0 Å². The van der Waals surface area contributed by atoms with Crippen LogP contribution < -0.4 is 10.2 Å². The van der Waals surface area contributed by atoms with Gasteiger partial charge in [0.1, 0.15) is 0 Å². The zero-order valence-corrected chi connectivity index (χ0v) is 17.9. The molecule has 0 bridgehead atoms. The molecule has 1 aromatic rings. The van der Waals surface area contributed by atoms with E-state index in [-0.39, 0.29) is 24.4 Å². The summed E-state index contributed by atoms with van der Waals surface area (Å²) in [5.74, 6) is 0.243. The normalized spacial score (nSPS) is 13.1. The summed E-state index contributed by atoms with van der Waals surface area (Å²) in [6, 6.07) is 5.54. The molecule has 0 heterocycles. The summed E-state index contributed by atoms with van der Waals surface area (Å²) in [5, 5.41) is 2.91. The summed E-state index contributed by atoms with van der Waals surface area (Å²) in [7, 11) is 0.500. The zero-order chi connectivity index (χ0) is 20.1. The molecule has 0 aliphatic carbocycles. The van der Waals surface area contributed by atoms with E-state index >= 15 is 0 Å². The molecule has 1 rings (SSSR count). The van der Waals surface area contributed by atoms with Crippen molar-refractivity contribution in [2.45, 2.75) is 53.1 Å². The van der Waals surface area contributed by atoms with E-state index in [9.17, 15) is 13.2 Å². The van der Waals surface area contributed by atoms with E-state index in [0.717, 1.165) is 17.7 Å². The Labute approximate surface area is 158 Å². The molecular weight excluding hydrogens is 350 g/mol. The summed E-state index contributed by atoms with van der Waals surface area (Å²) in [6.45, 7) is 8.14. The average Bonchev–Trinajstić information content (AvgIpc) is 2.49. The molecular formula is C19H33N3O3S. The van der Waals surface area contributed by atoms with E-state index in [4.69, 9.17) is 0 Å². The third kappa shape index (κ3) is 6.61. The molecule has 0 saturated carbocycles. The fourth-order valence-corrected chi connectivity index (χ4v) is 3.96. The van der Waals surface area contributed by atoms with Crippen molar-refractivity contribution in [2.75, 3.05) is 30.6 Å². The first-order valence-electron chi connectivity index (χ1n) is 9.02. The van der Waals surface area contributed by atoms with Gasteiger partial charge in [-0.25, -0.2) is 8.42 Å². The van der Waals surface area contributed by atoms with Gasteiger partial charge in [0.05, 0.1) is 6.26 Å². The molecule has 1 amide bonds. The van der Waals surface area contributed by atoms with E-state index in [1.807, 2.05) is 64.9 Å². The Morgan fingerprint density at radius 3 is 2.27 bits per heavy atom. The number of benzene rings is 1. The van der Waals surface area contributed by atoms with Crippen LogP contribution in [0.1, 0.15) is 46.1 Å². The lowest BCUT2D eigenvalue weighted by molar-refractivity contribution is -0.116. The van der Waals surface area contributed by atoms with Gasteiger partial charge in [0.15, 0.2) is 0 Å². The highest BCUT2D eigenvalue weighted by atomic mass is 32.2. The first-order chi connectivity index (χ1) is 12.0. The van der Waals surface area contributed by atoms with Gasteiger partial charge in [-0.3, -0.25) is 4.79 Å². The standard InChI is InChI=1S/C19H33N3O3S/c1-8-15(4)22(26(7,24)25)13-16-12-17(9-10-18(16)21(5)6)20-19(23)11-14(2)3/h9-10,12,14-15H,8,11,13H2,1-7H3,(H,20,23)/t15-/m0/s1. The van der Waals surface area contributed by atoms with Crippen LogP contribution in [0, 0.1) is 5.92 Å². The van der Waals surface area contributed by atoms with Crippen molar-refractivity contribution in [3.8, 4) is 0 Å². The molecule has 0 aliphatic heterocycles. The van der Waals surface area contributed by atoms with E-state index in [1.165, 1.54) is 10.6 Å². The highest BCUT2D eigenvalue weighted by molar-refractivity contribution is 7.88. The Hall–Kier alpha value is -1.60. The first kappa shape index (κ1) is 22.4. The Morgan fingerprint density at radius 1 is 1.19 bits per heavy atom. The lowest BCUT2D eigenvalue weighted by atomic mass is 10.1. The summed E-state index contributed by atoms with van der Waals surface area (Å²) >= 11 is 0. The minimum absolute atomic E-state index is 0.0366. The van der Waals surface area contributed by atoms with Crippen LogP contribution in [0.15, 0.2) is 18.2 Å². The van der Waals surface area contributed by atoms with Crippen molar-refractivity contribution >= 4 is 27.3 Å². The lowest BCUT2D eigenvalue weighted by Gasteiger charge is -2.28. The maximum absolute atomic E-state index is 12.2. The Balaban J connectivity index is 3.20. The summed E-state index contributed by atoms with van der Waals surface area (Å²) in [5.41, 5.74) is 2.49. The number of nitrogens with one attached hydrogen (secondary N) is 1. The SMILES string of the molecule is CC[C@H](C)N(Cc1cc(NC(=O)CC(C)C)ccc1N(C)C)S(C)(=O)=O. The fraction of sp³-hybridized carbons (Fsp3) is 0.632. The maximum atomic E-state index is 12.2. The zero-order valence-electron chi connectivity index (χ0n) is 17.0. The number of hydrogen-bond donors (Lipinski definition) is 1.